The van der Waals surface area contributed by atoms with Crippen molar-refractivity contribution in [3.05, 3.63) is 30.0 Å². The summed E-state index contributed by atoms with van der Waals surface area (Å²) in [7, 11) is 0. The van der Waals surface area contributed by atoms with Crippen molar-refractivity contribution in [2.75, 3.05) is 31.5 Å². The van der Waals surface area contributed by atoms with Gasteiger partial charge >= 0.3 is 0 Å². The van der Waals surface area contributed by atoms with E-state index < -0.39 is 0 Å². The van der Waals surface area contributed by atoms with Gasteiger partial charge in [0.15, 0.2) is 0 Å². The van der Waals surface area contributed by atoms with E-state index in [0.717, 1.165) is 36.2 Å². The van der Waals surface area contributed by atoms with Crippen molar-refractivity contribution in [2.24, 2.45) is 0 Å². The molecule has 2 rings (SSSR count). The number of benzene rings is 1. The molecule has 0 fully saturated rings. The third-order valence-corrected chi connectivity index (χ3v) is 3.79. The molecule has 23 heavy (non-hydrogen) atoms. The standard InChI is InChI=1S/C17H24N4O2/c1-4-21(5-2)9-8-18-17(23)16-11-13-10-14(19-12(3)22)6-7-15(13)20-16/h6-7,10-11,20H,4-5,8-9H2,1-3H3,(H,18,23)(H,19,22). The molecule has 0 aliphatic heterocycles. The highest BCUT2D eigenvalue weighted by Gasteiger charge is 2.10. The van der Waals surface area contributed by atoms with Gasteiger partial charge in [-0.25, -0.2) is 0 Å². The van der Waals surface area contributed by atoms with Crippen LogP contribution in [0.4, 0.5) is 5.69 Å². The van der Waals surface area contributed by atoms with Crippen LogP contribution in [0.25, 0.3) is 10.9 Å². The Bertz CT molecular complexity index is 689. The monoisotopic (exact) mass is 316 g/mol. The number of rotatable bonds is 7. The molecule has 0 saturated heterocycles. The van der Waals surface area contributed by atoms with Crippen LogP contribution in [0.15, 0.2) is 24.3 Å². The van der Waals surface area contributed by atoms with Gasteiger partial charge in [0.25, 0.3) is 5.91 Å². The number of likely N-dealkylation sites (N-methyl/N-ethyl adjacent to an activating group) is 1. The van der Waals surface area contributed by atoms with Crippen molar-refractivity contribution in [3.8, 4) is 0 Å². The molecule has 124 valence electrons. The van der Waals surface area contributed by atoms with Crippen LogP contribution in [-0.4, -0.2) is 47.9 Å². The maximum absolute atomic E-state index is 12.2. The first-order chi connectivity index (χ1) is 11.0. The molecule has 0 aliphatic rings. The van der Waals surface area contributed by atoms with Crippen LogP contribution < -0.4 is 10.6 Å². The van der Waals surface area contributed by atoms with E-state index in [1.165, 1.54) is 6.92 Å². The number of aromatic amines is 1. The van der Waals surface area contributed by atoms with Gasteiger partial charge in [-0.15, -0.1) is 0 Å². The Morgan fingerprint density at radius 2 is 1.91 bits per heavy atom. The second-order valence-corrected chi connectivity index (χ2v) is 5.45. The van der Waals surface area contributed by atoms with E-state index in [1.54, 1.807) is 6.07 Å². The minimum atomic E-state index is -0.116. The van der Waals surface area contributed by atoms with Gasteiger partial charge in [0.1, 0.15) is 5.69 Å². The Labute approximate surface area is 136 Å². The van der Waals surface area contributed by atoms with Gasteiger partial charge in [-0.1, -0.05) is 13.8 Å². The lowest BCUT2D eigenvalue weighted by Crippen LogP contribution is -2.34. The Balaban J connectivity index is 2.02. The quantitative estimate of drug-likeness (QED) is 0.733. The van der Waals surface area contributed by atoms with Gasteiger partial charge in [0.05, 0.1) is 0 Å². The Kier molecular flexibility index (Phi) is 5.76. The highest BCUT2D eigenvalue weighted by Crippen LogP contribution is 2.20. The van der Waals surface area contributed by atoms with Crippen LogP contribution in [0.3, 0.4) is 0 Å². The van der Waals surface area contributed by atoms with Crippen LogP contribution in [0.2, 0.25) is 0 Å². The second-order valence-electron chi connectivity index (χ2n) is 5.45. The summed E-state index contributed by atoms with van der Waals surface area (Å²) in [6, 6.07) is 7.31. The zero-order valence-electron chi connectivity index (χ0n) is 13.9. The summed E-state index contributed by atoms with van der Waals surface area (Å²) in [5, 5.41) is 6.55. The van der Waals surface area contributed by atoms with Crippen molar-refractivity contribution >= 4 is 28.4 Å². The van der Waals surface area contributed by atoms with E-state index in [9.17, 15) is 9.59 Å². The summed E-state index contributed by atoms with van der Waals surface area (Å²) in [4.78, 5) is 28.7. The lowest BCUT2D eigenvalue weighted by molar-refractivity contribution is -0.114. The van der Waals surface area contributed by atoms with Crippen LogP contribution in [-0.2, 0) is 4.79 Å². The minimum absolute atomic E-state index is 0.116. The zero-order chi connectivity index (χ0) is 16.8. The van der Waals surface area contributed by atoms with E-state index >= 15 is 0 Å². The number of nitrogens with one attached hydrogen (secondary N) is 3. The summed E-state index contributed by atoms with van der Waals surface area (Å²) in [6.07, 6.45) is 0. The van der Waals surface area contributed by atoms with Crippen molar-refractivity contribution in [3.63, 3.8) is 0 Å². The first kappa shape index (κ1) is 17.0. The number of aromatic nitrogens is 1. The topological polar surface area (TPSA) is 77.2 Å². The van der Waals surface area contributed by atoms with E-state index in [4.69, 9.17) is 0 Å². The summed E-state index contributed by atoms with van der Waals surface area (Å²) in [5.74, 6) is -0.233. The average molecular weight is 316 g/mol. The number of amides is 2. The van der Waals surface area contributed by atoms with Crippen LogP contribution in [0, 0.1) is 0 Å². The van der Waals surface area contributed by atoms with Crippen LogP contribution >= 0.6 is 0 Å². The number of nitrogens with zero attached hydrogens (tertiary/aromatic N) is 1. The van der Waals surface area contributed by atoms with Crippen molar-refractivity contribution < 1.29 is 9.59 Å². The van der Waals surface area contributed by atoms with Crippen molar-refractivity contribution in [2.45, 2.75) is 20.8 Å². The van der Waals surface area contributed by atoms with E-state index in [-0.39, 0.29) is 11.8 Å². The maximum atomic E-state index is 12.2. The smallest absolute Gasteiger partial charge is 0.267 e. The third kappa shape index (κ3) is 4.56. The Morgan fingerprint density at radius 1 is 1.17 bits per heavy atom. The van der Waals surface area contributed by atoms with Crippen molar-refractivity contribution in [1.82, 2.24) is 15.2 Å². The van der Waals surface area contributed by atoms with E-state index in [1.807, 2.05) is 18.2 Å². The highest BCUT2D eigenvalue weighted by atomic mass is 16.2. The summed E-state index contributed by atoms with van der Waals surface area (Å²) in [5.41, 5.74) is 2.12. The number of anilines is 1. The van der Waals surface area contributed by atoms with Gasteiger partial charge in [-0.3, -0.25) is 9.59 Å². The summed E-state index contributed by atoms with van der Waals surface area (Å²) < 4.78 is 0. The number of carbonyl (C=O) groups is 2. The van der Waals surface area contributed by atoms with Gasteiger partial charge < -0.3 is 20.5 Å². The molecule has 6 nitrogen and oxygen atoms in total. The number of H-pyrrole nitrogens is 1. The lowest BCUT2D eigenvalue weighted by atomic mass is 10.2. The average Bonchev–Trinajstić information content (AvgIpc) is 2.94. The summed E-state index contributed by atoms with van der Waals surface area (Å²) in [6.45, 7) is 9.09. The second kappa shape index (κ2) is 7.78. The SMILES string of the molecule is CCN(CC)CCNC(=O)c1cc2cc(NC(C)=O)ccc2[nH]1. The third-order valence-electron chi connectivity index (χ3n) is 3.79. The number of carbonyl (C=O) groups excluding carboxylic acids is 2. The molecule has 1 aromatic carbocycles. The molecule has 2 aromatic rings. The van der Waals surface area contributed by atoms with Gasteiger partial charge in [-0.2, -0.15) is 0 Å². The first-order valence-electron chi connectivity index (χ1n) is 7.94. The molecular formula is C17H24N4O2. The molecule has 1 heterocycles. The molecule has 1 aromatic heterocycles. The molecule has 3 N–H and O–H groups in total. The van der Waals surface area contributed by atoms with E-state index in [0.29, 0.717) is 12.2 Å². The van der Waals surface area contributed by atoms with Crippen molar-refractivity contribution in [1.29, 1.82) is 0 Å². The zero-order valence-corrected chi connectivity index (χ0v) is 13.9. The summed E-state index contributed by atoms with van der Waals surface area (Å²) >= 11 is 0. The molecule has 0 spiro atoms. The normalized spacial score (nSPS) is 11.0. The highest BCUT2D eigenvalue weighted by molar-refractivity contribution is 5.99. The molecule has 6 heteroatoms. The molecule has 2 amide bonds. The molecule has 0 bridgehead atoms. The maximum Gasteiger partial charge on any atom is 0.267 e. The van der Waals surface area contributed by atoms with E-state index in [2.05, 4.69) is 34.4 Å². The number of hydrogen-bond donors (Lipinski definition) is 3. The van der Waals surface area contributed by atoms with Gasteiger partial charge in [0, 0.05) is 36.6 Å². The molecule has 0 unspecified atom stereocenters. The fourth-order valence-electron chi connectivity index (χ4n) is 2.50. The minimum Gasteiger partial charge on any atom is -0.351 e. The Hall–Kier alpha value is -2.34. The Morgan fingerprint density at radius 3 is 2.57 bits per heavy atom. The number of fused-ring (bicyclic) bond motifs is 1. The van der Waals surface area contributed by atoms with Crippen LogP contribution in [0.5, 0.6) is 0 Å². The fraction of sp³-hybridized carbons (Fsp3) is 0.412. The first-order valence-corrected chi connectivity index (χ1v) is 7.94. The lowest BCUT2D eigenvalue weighted by Gasteiger charge is -2.17. The molecule has 0 saturated carbocycles. The predicted molar refractivity (Wildman–Crippen MR) is 92.7 cm³/mol. The molecule has 0 radical (unpaired) electrons. The largest absolute Gasteiger partial charge is 0.351 e. The number of hydrogen-bond acceptors (Lipinski definition) is 3. The fourth-order valence-corrected chi connectivity index (χ4v) is 2.50. The molecular weight excluding hydrogens is 292 g/mol. The predicted octanol–water partition coefficient (Wildman–Crippen LogP) is 2.20. The molecule has 0 aliphatic carbocycles. The van der Waals surface area contributed by atoms with Crippen LogP contribution in [0.1, 0.15) is 31.3 Å². The van der Waals surface area contributed by atoms with Gasteiger partial charge in [-0.05, 0) is 37.4 Å². The van der Waals surface area contributed by atoms with Gasteiger partial charge in [0.2, 0.25) is 5.91 Å². The molecule has 0 atom stereocenters.